The number of hydrogen-bond acceptors (Lipinski definition) is 5. The first-order valence-corrected chi connectivity index (χ1v) is 9.80. The molecule has 1 aliphatic heterocycles. The molecule has 1 aliphatic carbocycles. The van der Waals surface area contributed by atoms with Gasteiger partial charge in [-0.2, -0.15) is 0 Å². The highest BCUT2D eigenvalue weighted by molar-refractivity contribution is 5.92. The molecular formula is C23H25N3O3. The fourth-order valence-corrected chi connectivity index (χ4v) is 3.83. The number of hydrogen-bond donors (Lipinski definition) is 0. The Bertz CT molecular complexity index is 1050. The highest BCUT2D eigenvalue weighted by Crippen LogP contribution is 2.25. The van der Waals surface area contributed by atoms with Crippen molar-refractivity contribution in [2.75, 3.05) is 25.1 Å². The Morgan fingerprint density at radius 3 is 2.83 bits per heavy atom. The Morgan fingerprint density at radius 2 is 2.07 bits per heavy atom. The molecule has 150 valence electrons. The Balaban J connectivity index is 1.56. The minimum absolute atomic E-state index is 0.212. The number of carbonyl (C=O) groups excluding carboxylic acids is 1. The fourth-order valence-electron chi connectivity index (χ4n) is 3.83. The van der Waals surface area contributed by atoms with Crippen LogP contribution in [0.25, 0.3) is 11.0 Å². The van der Waals surface area contributed by atoms with Crippen LogP contribution in [0, 0.1) is 0 Å². The third-order valence-electron chi connectivity index (χ3n) is 5.13. The van der Waals surface area contributed by atoms with Crippen molar-refractivity contribution in [1.82, 2.24) is 9.55 Å². The van der Waals surface area contributed by atoms with Gasteiger partial charge in [-0.05, 0) is 49.8 Å². The second kappa shape index (κ2) is 8.11. The Morgan fingerprint density at radius 1 is 1.28 bits per heavy atom. The third kappa shape index (κ3) is 4.19. The number of esters is 1. The number of nitrogens with zero attached hydrogens (tertiary/aromatic N) is 3. The lowest BCUT2D eigenvalue weighted by molar-refractivity contribution is -0.135. The van der Waals surface area contributed by atoms with Crippen molar-refractivity contribution in [2.24, 2.45) is 0 Å². The molecule has 0 spiro atoms. The van der Waals surface area contributed by atoms with Crippen molar-refractivity contribution in [1.29, 1.82) is 0 Å². The zero-order valence-electron chi connectivity index (χ0n) is 17.0. The van der Waals surface area contributed by atoms with Crippen LogP contribution in [0.2, 0.25) is 0 Å². The summed E-state index contributed by atoms with van der Waals surface area (Å²) >= 11 is 0. The summed E-state index contributed by atoms with van der Waals surface area (Å²) < 4.78 is 12.7. The van der Waals surface area contributed by atoms with Crippen LogP contribution in [-0.4, -0.2) is 47.9 Å². The predicted octanol–water partition coefficient (Wildman–Crippen LogP) is 3.40. The minimum atomic E-state index is -0.365. The van der Waals surface area contributed by atoms with Crippen molar-refractivity contribution >= 4 is 22.7 Å². The second-order valence-corrected chi connectivity index (χ2v) is 7.52. The smallest absolute Gasteiger partial charge is 0.338 e. The van der Waals surface area contributed by atoms with E-state index >= 15 is 0 Å². The highest BCUT2D eigenvalue weighted by Gasteiger charge is 2.23. The zero-order chi connectivity index (χ0) is 20.4. The Labute approximate surface area is 170 Å². The van der Waals surface area contributed by atoms with E-state index in [0.717, 1.165) is 35.4 Å². The lowest BCUT2D eigenvalue weighted by Gasteiger charge is -2.36. The van der Waals surface area contributed by atoms with Crippen LogP contribution < -0.4 is 4.90 Å². The Hall–Kier alpha value is -3.08. The van der Waals surface area contributed by atoms with Crippen molar-refractivity contribution in [2.45, 2.75) is 32.6 Å². The van der Waals surface area contributed by atoms with Crippen LogP contribution in [-0.2, 0) is 20.8 Å². The van der Waals surface area contributed by atoms with Gasteiger partial charge >= 0.3 is 5.97 Å². The molecule has 2 unspecified atom stereocenters. The highest BCUT2D eigenvalue weighted by atomic mass is 16.5. The van der Waals surface area contributed by atoms with Crippen molar-refractivity contribution in [3.63, 3.8) is 0 Å². The van der Waals surface area contributed by atoms with Gasteiger partial charge in [0.25, 0.3) is 0 Å². The van der Waals surface area contributed by atoms with Gasteiger partial charge in [-0.15, -0.1) is 5.73 Å². The molecule has 6 nitrogen and oxygen atoms in total. The molecule has 4 rings (SSSR count). The summed E-state index contributed by atoms with van der Waals surface area (Å²) in [7, 11) is 1.38. The molecule has 0 bridgehead atoms. The first kappa shape index (κ1) is 19.2. The molecule has 0 saturated carbocycles. The number of ether oxygens (including phenoxy) is 2. The molecule has 6 heteroatoms. The summed E-state index contributed by atoms with van der Waals surface area (Å²) in [6.07, 6.45) is 11.6. The van der Waals surface area contributed by atoms with E-state index in [-0.39, 0.29) is 18.2 Å². The molecule has 2 aliphatic rings. The number of anilines is 1. The molecule has 2 aromatic rings. The SMILES string of the molecule is COC(=O)C1=CC=C(Cn2ccc3cc(N4CC(C)OC(C)C4)cnc32)C=C=C1. The fraction of sp³-hybridized carbons (Fsp3) is 0.348. The van der Waals surface area contributed by atoms with E-state index in [1.165, 1.54) is 7.11 Å². The number of fused-ring (bicyclic) bond motifs is 1. The molecule has 1 saturated heterocycles. The van der Waals surface area contributed by atoms with E-state index in [0.29, 0.717) is 12.1 Å². The molecule has 29 heavy (non-hydrogen) atoms. The monoisotopic (exact) mass is 391 g/mol. The predicted molar refractivity (Wildman–Crippen MR) is 113 cm³/mol. The number of rotatable bonds is 4. The number of carbonyl (C=O) groups is 1. The summed E-state index contributed by atoms with van der Waals surface area (Å²) in [5, 5.41) is 1.11. The van der Waals surface area contributed by atoms with Gasteiger partial charge < -0.3 is 18.9 Å². The molecular weight excluding hydrogens is 366 g/mol. The van der Waals surface area contributed by atoms with Crippen LogP contribution in [0.15, 0.2) is 65.7 Å². The van der Waals surface area contributed by atoms with Crippen LogP contribution in [0.1, 0.15) is 13.8 Å². The average molecular weight is 391 g/mol. The van der Waals surface area contributed by atoms with Crippen LogP contribution in [0.4, 0.5) is 5.69 Å². The van der Waals surface area contributed by atoms with Crippen molar-refractivity contribution < 1.29 is 14.3 Å². The molecule has 0 N–H and O–H groups in total. The first-order valence-electron chi connectivity index (χ1n) is 9.80. The Kier molecular flexibility index (Phi) is 5.38. The number of aromatic nitrogens is 2. The normalized spacial score (nSPS) is 21.7. The third-order valence-corrected chi connectivity index (χ3v) is 5.13. The van der Waals surface area contributed by atoms with Gasteiger partial charge in [0.15, 0.2) is 0 Å². The van der Waals surface area contributed by atoms with E-state index < -0.39 is 0 Å². The van der Waals surface area contributed by atoms with E-state index in [9.17, 15) is 4.79 Å². The summed E-state index contributed by atoms with van der Waals surface area (Å²) in [6.45, 7) is 6.60. The number of methoxy groups -OCH3 is 1. The molecule has 3 heterocycles. The standard InChI is InChI=1S/C23H25N3O3/c1-16-13-26(14-17(2)29-16)21-11-20-9-10-25(22(20)24-12-21)15-18-5-4-6-19(8-7-18)23(27)28-3/h5-12,16-17H,13-15H2,1-3H3. The molecule has 0 amide bonds. The maximum atomic E-state index is 11.7. The topological polar surface area (TPSA) is 56.6 Å². The number of allylic oxidation sites excluding steroid dienone is 3. The van der Waals surface area contributed by atoms with E-state index in [1.54, 1.807) is 12.2 Å². The quantitative estimate of drug-likeness (QED) is 0.591. The van der Waals surface area contributed by atoms with Crippen LogP contribution in [0.3, 0.4) is 0 Å². The zero-order valence-corrected chi connectivity index (χ0v) is 17.0. The average Bonchev–Trinajstić information content (AvgIpc) is 2.95. The lowest BCUT2D eigenvalue weighted by atomic mass is 10.2. The van der Waals surface area contributed by atoms with E-state index in [1.807, 2.05) is 24.5 Å². The summed E-state index contributed by atoms with van der Waals surface area (Å²) in [5.41, 5.74) is 6.61. The minimum Gasteiger partial charge on any atom is -0.465 e. The second-order valence-electron chi connectivity index (χ2n) is 7.52. The molecule has 1 fully saturated rings. The van der Waals surface area contributed by atoms with Gasteiger partial charge in [0.2, 0.25) is 0 Å². The summed E-state index contributed by atoms with van der Waals surface area (Å²) in [6, 6.07) is 4.28. The molecule has 2 aromatic heterocycles. The van der Waals surface area contributed by atoms with Gasteiger partial charge in [0.1, 0.15) is 5.65 Å². The van der Waals surface area contributed by atoms with Gasteiger partial charge in [0, 0.05) is 31.2 Å². The van der Waals surface area contributed by atoms with Crippen LogP contribution >= 0.6 is 0 Å². The lowest BCUT2D eigenvalue weighted by Crippen LogP contribution is -2.45. The van der Waals surface area contributed by atoms with Gasteiger partial charge in [-0.3, -0.25) is 0 Å². The van der Waals surface area contributed by atoms with E-state index in [2.05, 4.69) is 41.2 Å². The summed E-state index contributed by atoms with van der Waals surface area (Å²) in [5.74, 6) is -0.365. The maximum absolute atomic E-state index is 11.7. The van der Waals surface area contributed by atoms with Gasteiger partial charge in [-0.1, -0.05) is 6.08 Å². The first-order chi connectivity index (χ1) is 14.0. The van der Waals surface area contributed by atoms with Crippen molar-refractivity contribution in [3.05, 3.63) is 65.7 Å². The van der Waals surface area contributed by atoms with Crippen molar-refractivity contribution in [3.8, 4) is 0 Å². The number of pyridine rings is 1. The maximum Gasteiger partial charge on any atom is 0.338 e. The summed E-state index contributed by atoms with van der Waals surface area (Å²) in [4.78, 5) is 18.8. The van der Waals surface area contributed by atoms with E-state index in [4.69, 9.17) is 14.5 Å². The molecule has 0 radical (unpaired) electrons. The van der Waals surface area contributed by atoms with Crippen LogP contribution in [0.5, 0.6) is 0 Å². The number of morpholine rings is 1. The van der Waals surface area contributed by atoms with Gasteiger partial charge in [-0.25, -0.2) is 9.78 Å². The molecule has 2 atom stereocenters. The largest absolute Gasteiger partial charge is 0.465 e. The molecule has 0 aromatic carbocycles. The van der Waals surface area contributed by atoms with Gasteiger partial charge in [0.05, 0.1) is 36.8 Å².